The summed E-state index contributed by atoms with van der Waals surface area (Å²) in [4.78, 5) is 0. The van der Waals surface area contributed by atoms with Gasteiger partial charge in [-0.3, -0.25) is 4.68 Å². The normalized spacial score (nSPS) is 14.9. The number of aliphatic hydroxyl groups excluding tert-OH is 1. The van der Waals surface area contributed by atoms with Gasteiger partial charge in [0.05, 0.1) is 12.3 Å². The molecular formula is C12H22ClN3O. The molecule has 1 atom stereocenters. The zero-order valence-electron chi connectivity index (χ0n) is 11.0. The Bertz CT molecular complexity index is 378. The fraction of sp³-hybridized carbons (Fsp3) is 0.750. The van der Waals surface area contributed by atoms with E-state index in [-0.39, 0.29) is 12.1 Å². The Morgan fingerprint density at radius 1 is 1.53 bits per heavy atom. The summed E-state index contributed by atoms with van der Waals surface area (Å²) >= 11 is 6.16. The molecule has 0 saturated carbocycles. The number of nitrogens with one attached hydrogen (secondary N) is 1. The van der Waals surface area contributed by atoms with E-state index in [1.54, 1.807) is 4.68 Å². The van der Waals surface area contributed by atoms with Crippen molar-refractivity contribution >= 4 is 11.6 Å². The maximum atomic E-state index is 9.42. The van der Waals surface area contributed by atoms with E-state index in [1.807, 2.05) is 20.9 Å². The Morgan fingerprint density at radius 3 is 2.59 bits per heavy atom. The fourth-order valence-electron chi connectivity index (χ4n) is 1.95. The highest BCUT2D eigenvalue weighted by Crippen LogP contribution is 2.20. The van der Waals surface area contributed by atoms with Crippen LogP contribution in [0.15, 0.2) is 0 Å². The summed E-state index contributed by atoms with van der Waals surface area (Å²) in [5, 5.41) is 17.7. The molecule has 0 amide bonds. The molecule has 0 aliphatic carbocycles. The second-order valence-electron chi connectivity index (χ2n) is 4.80. The summed E-state index contributed by atoms with van der Waals surface area (Å²) in [5.41, 5.74) is 1.69. The molecule has 0 saturated heterocycles. The SMILES string of the molecule is CCCC(C)(CO)NCc1c(C)nn(C)c1Cl. The topological polar surface area (TPSA) is 50.1 Å². The van der Waals surface area contributed by atoms with Crippen LogP contribution >= 0.6 is 11.6 Å². The van der Waals surface area contributed by atoms with Gasteiger partial charge in [0.15, 0.2) is 0 Å². The number of aryl methyl sites for hydroxylation is 2. The van der Waals surface area contributed by atoms with Crippen molar-refractivity contribution in [3.63, 3.8) is 0 Å². The van der Waals surface area contributed by atoms with E-state index in [1.165, 1.54) is 0 Å². The van der Waals surface area contributed by atoms with Crippen LogP contribution in [-0.2, 0) is 13.6 Å². The highest BCUT2D eigenvalue weighted by atomic mass is 35.5. The molecule has 0 aliphatic rings. The highest BCUT2D eigenvalue weighted by Gasteiger charge is 2.22. The van der Waals surface area contributed by atoms with E-state index in [4.69, 9.17) is 11.6 Å². The van der Waals surface area contributed by atoms with Gasteiger partial charge in [-0.15, -0.1) is 0 Å². The zero-order valence-corrected chi connectivity index (χ0v) is 11.8. The number of halogens is 1. The summed E-state index contributed by atoms with van der Waals surface area (Å²) in [6.07, 6.45) is 1.96. The number of rotatable bonds is 6. The van der Waals surface area contributed by atoms with Crippen molar-refractivity contribution in [2.45, 2.75) is 45.7 Å². The second-order valence-corrected chi connectivity index (χ2v) is 5.16. The minimum Gasteiger partial charge on any atom is -0.394 e. The van der Waals surface area contributed by atoms with Crippen molar-refractivity contribution in [3.05, 3.63) is 16.4 Å². The van der Waals surface area contributed by atoms with E-state index >= 15 is 0 Å². The summed E-state index contributed by atoms with van der Waals surface area (Å²) in [6, 6.07) is 0. The Labute approximate surface area is 108 Å². The number of hydrogen-bond donors (Lipinski definition) is 2. The average molecular weight is 260 g/mol. The third-order valence-corrected chi connectivity index (χ3v) is 3.59. The smallest absolute Gasteiger partial charge is 0.131 e. The largest absolute Gasteiger partial charge is 0.394 e. The van der Waals surface area contributed by atoms with Crippen molar-refractivity contribution in [1.29, 1.82) is 0 Å². The molecule has 4 nitrogen and oxygen atoms in total. The predicted octanol–water partition coefficient (Wildman–Crippen LogP) is 2.02. The van der Waals surface area contributed by atoms with Gasteiger partial charge >= 0.3 is 0 Å². The van der Waals surface area contributed by atoms with Crippen LogP contribution in [0.2, 0.25) is 5.15 Å². The van der Waals surface area contributed by atoms with Crippen LogP contribution in [0.3, 0.4) is 0 Å². The first-order valence-electron chi connectivity index (χ1n) is 5.97. The van der Waals surface area contributed by atoms with E-state index in [2.05, 4.69) is 17.3 Å². The second kappa shape index (κ2) is 5.85. The molecule has 1 unspecified atom stereocenters. The van der Waals surface area contributed by atoms with Gasteiger partial charge in [0.1, 0.15) is 5.15 Å². The summed E-state index contributed by atoms with van der Waals surface area (Å²) in [7, 11) is 1.83. The van der Waals surface area contributed by atoms with Gasteiger partial charge in [0, 0.05) is 24.7 Å². The van der Waals surface area contributed by atoms with Gasteiger partial charge < -0.3 is 10.4 Å². The summed E-state index contributed by atoms with van der Waals surface area (Å²) < 4.78 is 1.67. The standard InChI is InChI=1S/C12H22ClN3O/c1-5-6-12(3,8-17)14-7-10-9(2)15-16(4)11(10)13/h14,17H,5-8H2,1-4H3. The van der Waals surface area contributed by atoms with Gasteiger partial charge in [0.2, 0.25) is 0 Å². The molecule has 1 rings (SSSR count). The van der Waals surface area contributed by atoms with Crippen LogP contribution in [0, 0.1) is 6.92 Å². The molecule has 5 heteroatoms. The van der Waals surface area contributed by atoms with Crippen LogP contribution in [-0.4, -0.2) is 27.0 Å². The average Bonchev–Trinajstić information content (AvgIpc) is 2.52. The lowest BCUT2D eigenvalue weighted by Crippen LogP contribution is -2.45. The lowest BCUT2D eigenvalue weighted by Gasteiger charge is -2.28. The Hall–Kier alpha value is -0.580. The first-order valence-corrected chi connectivity index (χ1v) is 6.35. The minimum atomic E-state index is -0.250. The van der Waals surface area contributed by atoms with Gasteiger partial charge in [-0.05, 0) is 20.3 Å². The Balaban J connectivity index is 2.72. The maximum absolute atomic E-state index is 9.42. The van der Waals surface area contributed by atoms with Gasteiger partial charge in [-0.25, -0.2) is 0 Å². The molecule has 0 spiro atoms. The highest BCUT2D eigenvalue weighted by molar-refractivity contribution is 6.30. The molecule has 17 heavy (non-hydrogen) atoms. The van der Waals surface area contributed by atoms with Crippen LogP contribution in [0.1, 0.15) is 37.9 Å². The number of aromatic nitrogens is 2. The van der Waals surface area contributed by atoms with Crippen molar-refractivity contribution < 1.29 is 5.11 Å². The van der Waals surface area contributed by atoms with E-state index in [0.717, 1.165) is 24.1 Å². The van der Waals surface area contributed by atoms with Gasteiger partial charge in [-0.1, -0.05) is 24.9 Å². The minimum absolute atomic E-state index is 0.123. The third-order valence-electron chi connectivity index (χ3n) is 3.11. The van der Waals surface area contributed by atoms with E-state index in [9.17, 15) is 5.11 Å². The van der Waals surface area contributed by atoms with Crippen molar-refractivity contribution in [2.75, 3.05) is 6.61 Å². The third kappa shape index (κ3) is 3.44. The van der Waals surface area contributed by atoms with E-state index in [0.29, 0.717) is 11.7 Å². The first kappa shape index (κ1) is 14.5. The predicted molar refractivity (Wildman–Crippen MR) is 70.2 cm³/mol. The molecule has 98 valence electrons. The van der Waals surface area contributed by atoms with Gasteiger partial charge in [-0.2, -0.15) is 5.10 Å². The molecule has 1 aromatic heterocycles. The molecule has 0 aliphatic heterocycles. The number of aliphatic hydroxyl groups is 1. The zero-order chi connectivity index (χ0) is 13.1. The molecule has 2 N–H and O–H groups in total. The summed E-state index contributed by atoms with van der Waals surface area (Å²) in [6.45, 7) is 6.83. The fourth-order valence-corrected chi connectivity index (χ4v) is 2.19. The molecular weight excluding hydrogens is 238 g/mol. The maximum Gasteiger partial charge on any atom is 0.131 e. The number of hydrogen-bond acceptors (Lipinski definition) is 3. The van der Waals surface area contributed by atoms with Crippen LogP contribution < -0.4 is 5.32 Å². The van der Waals surface area contributed by atoms with Crippen molar-refractivity contribution in [2.24, 2.45) is 7.05 Å². The van der Waals surface area contributed by atoms with Crippen molar-refractivity contribution in [1.82, 2.24) is 15.1 Å². The quantitative estimate of drug-likeness (QED) is 0.822. The van der Waals surface area contributed by atoms with Crippen LogP contribution in [0.4, 0.5) is 0 Å². The molecule has 0 aromatic carbocycles. The lowest BCUT2D eigenvalue weighted by molar-refractivity contribution is 0.163. The Kier molecular flexibility index (Phi) is 4.98. The summed E-state index contributed by atoms with van der Waals surface area (Å²) in [5.74, 6) is 0. The van der Waals surface area contributed by atoms with Crippen LogP contribution in [0.5, 0.6) is 0 Å². The Morgan fingerprint density at radius 2 is 2.18 bits per heavy atom. The van der Waals surface area contributed by atoms with Gasteiger partial charge in [0.25, 0.3) is 0 Å². The molecule has 0 fully saturated rings. The first-order chi connectivity index (χ1) is 7.93. The number of nitrogens with zero attached hydrogens (tertiary/aromatic N) is 2. The monoisotopic (exact) mass is 259 g/mol. The van der Waals surface area contributed by atoms with Crippen molar-refractivity contribution in [3.8, 4) is 0 Å². The van der Waals surface area contributed by atoms with Crippen LogP contribution in [0.25, 0.3) is 0 Å². The molecule has 1 heterocycles. The molecule has 0 bridgehead atoms. The lowest BCUT2D eigenvalue weighted by atomic mass is 9.97. The molecule has 0 radical (unpaired) electrons. The van der Waals surface area contributed by atoms with E-state index < -0.39 is 0 Å². The molecule has 1 aromatic rings.